The van der Waals surface area contributed by atoms with E-state index in [1.165, 1.54) is 6.26 Å². The molecule has 1 fully saturated rings. The molecule has 0 aromatic carbocycles. The third kappa shape index (κ3) is 5.72. The Morgan fingerprint density at radius 3 is 2.63 bits per heavy atom. The SMILES string of the molecule is CCNC(=NCCn1cc(C)cn1)N1CCN(C(=O)c2ccco2)CC1.I. The van der Waals surface area contributed by atoms with Crippen molar-refractivity contribution in [3.63, 3.8) is 0 Å². The fourth-order valence-corrected chi connectivity index (χ4v) is 2.95. The predicted octanol–water partition coefficient (Wildman–Crippen LogP) is 1.83. The van der Waals surface area contributed by atoms with Gasteiger partial charge in [0.15, 0.2) is 11.7 Å². The molecular formula is C18H27IN6O2. The summed E-state index contributed by atoms with van der Waals surface area (Å²) in [6.07, 6.45) is 5.39. The Morgan fingerprint density at radius 1 is 1.30 bits per heavy atom. The first-order valence-electron chi connectivity index (χ1n) is 9.02. The van der Waals surface area contributed by atoms with Gasteiger partial charge in [-0.15, -0.1) is 24.0 Å². The van der Waals surface area contributed by atoms with Crippen molar-refractivity contribution in [2.24, 2.45) is 4.99 Å². The molecule has 3 rings (SSSR count). The molecule has 0 saturated carbocycles. The second kappa shape index (κ2) is 10.3. The van der Waals surface area contributed by atoms with Crippen LogP contribution >= 0.6 is 24.0 Å². The molecule has 0 aliphatic carbocycles. The van der Waals surface area contributed by atoms with Crippen LogP contribution in [0, 0.1) is 6.92 Å². The van der Waals surface area contributed by atoms with Crippen molar-refractivity contribution in [2.45, 2.75) is 20.4 Å². The molecule has 0 unspecified atom stereocenters. The van der Waals surface area contributed by atoms with E-state index in [1.807, 2.05) is 28.9 Å². The number of aryl methyl sites for hydroxylation is 1. The lowest BCUT2D eigenvalue weighted by Gasteiger charge is -2.36. The predicted molar refractivity (Wildman–Crippen MR) is 115 cm³/mol. The first-order chi connectivity index (χ1) is 12.7. The van der Waals surface area contributed by atoms with Crippen LogP contribution in [0.25, 0.3) is 0 Å². The molecule has 9 heteroatoms. The van der Waals surface area contributed by atoms with Crippen LogP contribution in [-0.4, -0.2) is 70.7 Å². The first-order valence-corrected chi connectivity index (χ1v) is 9.02. The zero-order chi connectivity index (χ0) is 18.4. The van der Waals surface area contributed by atoms with E-state index in [0.717, 1.165) is 37.7 Å². The van der Waals surface area contributed by atoms with E-state index >= 15 is 0 Å². The topological polar surface area (TPSA) is 78.9 Å². The molecule has 0 bridgehead atoms. The summed E-state index contributed by atoms with van der Waals surface area (Å²) in [4.78, 5) is 21.1. The first kappa shape index (κ1) is 21.3. The molecule has 27 heavy (non-hydrogen) atoms. The van der Waals surface area contributed by atoms with Crippen molar-refractivity contribution in [3.8, 4) is 0 Å². The maximum atomic E-state index is 12.4. The van der Waals surface area contributed by atoms with Gasteiger partial charge in [-0.05, 0) is 31.5 Å². The lowest BCUT2D eigenvalue weighted by atomic mass is 10.3. The smallest absolute Gasteiger partial charge is 0.289 e. The summed E-state index contributed by atoms with van der Waals surface area (Å²) in [5.74, 6) is 1.24. The molecule has 2 aromatic heterocycles. The zero-order valence-electron chi connectivity index (χ0n) is 15.8. The summed E-state index contributed by atoms with van der Waals surface area (Å²) < 4.78 is 7.11. The lowest BCUT2D eigenvalue weighted by Crippen LogP contribution is -2.53. The van der Waals surface area contributed by atoms with Gasteiger partial charge in [-0.1, -0.05) is 0 Å². The average molecular weight is 486 g/mol. The normalized spacial score (nSPS) is 14.8. The standard InChI is InChI=1S/C18H26N6O2.HI/c1-3-19-18(20-6-7-24-14-15(2)13-21-24)23-10-8-22(9-11-23)17(25)16-5-4-12-26-16;/h4-5,12-14H,3,6-11H2,1-2H3,(H,19,20);1H. The van der Waals surface area contributed by atoms with Crippen molar-refractivity contribution < 1.29 is 9.21 Å². The summed E-state index contributed by atoms with van der Waals surface area (Å²) in [6, 6.07) is 3.44. The van der Waals surface area contributed by atoms with Crippen molar-refractivity contribution >= 4 is 35.8 Å². The minimum absolute atomic E-state index is 0. The van der Waals surface area contributed by atoms with Crippen LogP contribution in [0.4, 0.5) is 0 Å². The fraction of sp³-hybridized carbons (Fsp3) is 0.500. The van der Waals surface area contributed by atoms with Gasteiger partial charge in [-0.3, -0.25) is 14.5 Å². The van der Waals surface area contributed by atoms with Crippen LogP contribution in [-0.2, 0) is 6.54 Å². The molecular weight excluding hydrogens is 459 g/mol. The number of carbonyl (C=O) groups is 1. The van der Waals surface area contributed by atoms with Crippen LogP contribution in [0.1, 0.15) is 23.0 Å². The summed E-state index contributed by atoms with van der Waals surface area (Å²) >= 11 is 0. The van der Waals surface area contributed by atoms with E-state index < -0.39 is 0 Å². The van der Waals surface area contributed by atoms with E-state index in [0.29, 0.717) is 25.4 Å². The van der Waals surface area contributed by atoms with Crippen LogP contribution in [0.2, 0.25) is 0 Å². The molecule has 0 radical (unpaired) electrons. The maximum Gasteiger partial charge on any atom is 0.289 e. The zero-order valence-corrected chi connectivity index (χ0v) is 18.1. The van der Waals surface area contributed by atoms with Gasteiger partial charge in [-0.25, -0.2) is 0 Å². The number of piperazine rings is 1. The minimum atomic E-state index is -0.0503. The van der Waals surface area contributed by atoms with Gasteiger partial charge < -0.3 is 19.5 Å². The van der Waals surface area contributed by atoms with Crippen LogP contribution in [0.3, 0.4) is 0 Å². The Hall–Kier alpha value is -2.04. The molecule has 1 aliphatic rings. The van der Waals surface area contributed by atoms with Gasteiger partial charge in [0.25, 0.3) is 5.91 Å². The maximum absolute atomic E-state index is 12.4. The van der Waals surface area contributed by atoms with Crippen molar-refractivity contribution in [3.05, 3.63) is 42.1 Å². The van der Waals surface area contributed by atoms with Gasteiger partial charge in [0.2, 0.25) is 0 Å². The molecule has 1 N–H and O–H groups in total. The number of carbonyl (C=O) groups excluding carboxylic acids is 1. The van der Waals surface area contributed by atoms with E-state index in [-0.39, 0.29) is 29.9 Å². The van der Waals surface area contributed by atoms with E-state index in [4.69, 9.17) is 9.41 Å². The molecule has 0 spiro atoms. The highest BCUT2D eigenvalue weighted by atomic mass is 127. The van der Waals surface area contributed by atoms with E-state index in [9.17, 15) is 4.79 Å². The summed E-state index contributed by atoms with van der Waals surface area (Å²) in [5, 5.41) is 7.62. The number of aliphatic imine (C=N–C) groups is 1. The Kier molecular flexibility index (Phi) is 8.14. The number of guanidine groups is 1. The highest BCUT2D eigenvalue weighted by Crippen LogP contribution is 2.09. The van der Waals surface area contributed by atoms with Crippen molar-refractivity contribution in [2.75, 3.05) is 39.3 Å². The van der Waals surface area contributed by atoms with Crippen molar-refractivity contribution in [1.82, 2.24) is 24.9 Å². The molecule has 1 saturated heterocycles. The molecule has 3 heterocycles. The van der Waals surface area contributed by atoms with Crippen LogP contribution < -0.4 is 5.32 Å². The fourth-order valence-electron chi connectivity index (χ4n) is 2.95. The average Bonchev–Trinajstić information content (AvgIpc) is 3.32. The number of hydrogen-bond acceptors (Lipinski definition) is 4. The number of furan rings is 1. The van der Waals surface area contributed by atoms with Crippen LogP contribution in [0.5, 0.6) is 0 Å². The Bertz CT molecular complexity index is 735. The van der Waals surface area contributed by atoms with Gasteiger partial charge >= 0.3 is 0 Å². The molecule has 148 valence electrons. The third-order valence-electron chi connectivity index (χ3n) is 4.29. The Labute approximate surface area is 176 Å². The van der Waals surface area contributed by atoms with Crippen molar-refractivity contribution in [1.29, 1.82) is 0 Å². The Balaban J connectivity index is 0.00000261. The summed E-state index contributed by atoms with van der Waals surface area (Å²) in [7, 11) is 0. The largest absolute Gasteiger partial charge is 0.459 e. The number of rotatable bonds is 5. The highest BCUT2D eigenvalue weighted by Gasteiger charge is 2.25. The van der Waals surface area contributed by atoms with Gasteiger partial charge in [-0.2, -0.15) is 5.10 Å². The Morgan fingerprint density at radius 2 is 2.04 bits per heavy atom. The van der Waals surface area contributed by atoms with Crippen LogP contribution in [0.15, 0.2) is 40.2 Å². The number of nitrogens with zero attached hydrogens (tertiary/aromatic N) is 5. The third-order valence-corrected chi connectivity index (χ3v) is 4.29. The number of aromatic nitrogens is 2. The highest BCUT2D eigenvalue weighted by molar-refractivity contribution is 14.0. The number of halogens is 1. The van der Waals surface area contributed by atoms with Gasteiger partial charge in [0, 0.05) is 38.9 Å². The summed E-state index contributed by atoms with van der Waals surface area (Å²) in [6.45, 7) is 9.12. The second-order valence-electron chi connectivity index (χ2n) is 6.27. The number of amides is 1. The molecule has 1 amide bonds. The molecule has 8 nitrogen and oxygen atoms in total. The second-order valence-corrected chi connectivity index (χ2v) is 6.27. The van der Waals surface area contributed by atoms with E-state index in [1.54, 1.807) is 12.1 Å². The van der Waals surface area contributed by atoms with Gasteiger partial charge in [0.05, 0.1) is 25.5 Å². The van der Waals surface area contributed by atoms with E-state index in [2.05, 4.69) is 22.2 Å². The quantitative estimate of drug-likeness (QED) is 0.397. The number of nitrogens with one attached hydrogen (secondary N) is 1. The lowest BCUT2D eigenvalue weighted by molar-refractivity contribution is 0.0657. The number of hydrogen-bond donors (Lipinski definition) is 1. The molecule has 2 aromatic rings. The minimum Gasteiger partial charge on any atom is -0.459 e. The summed E-state index contributed by atoms with van der Waals surface area (Å²) in [5.41, 5.74) is 1.15. The van der Waals surface area contributed by atoms with Gasteiger partial charge in [0.1, 0.15) is 0 Å². The monoisotopic (exact) mass is 486 g/mol. The molecule has 0 atom stereocenters. The molecule has 1 aliphatic heterocycles.